The highest BCUT2D eigenvalue weighted by atomic mass is 32.2. The molecule has 8 nitrogen and oxygen atoms in total. The first-order valence-electron chi connectivity index (χ1n) is 9.49. The maximum Gasteiger partial charge on any atom is 0.266 e. The van der Waals surface area contributed by atoms with Crippen molar-refractivity contribution >= 4 is 44.7 Å². The number of aromatic nitrogens is 2. The van der Waals surface area contributed by atoms with Crippen molar-refractivity contribution < 1.29 is 13.2 Å². The van der Waals surface area contributed by atoms with Crippen molar-refractivity contribution in [3.05, 3.63) is 93.5 Å². The number of nitrogens with zero attached hydrogens (tertiary/aromatic N) is 1. The lowest BCUT2D eigenvalue weighted by Gasteiger charge is -2.10. The fourth-order valence-corrected chi connectivity index (χ4v) is 4.24. The monoisotopic (exact) mass is 466 g/mol. The smallest absolute Gasteiger partial charge is 0.266 e. The van der Waals surface area contributed by atoms with E-state index < -0.39 is 15.9 Å². The number of rotatable bonds is 5. The molecule has 162 valence electrons. The van der Waals surface area contributed by atoms with Crippen LogP contribution in [0.5, 0.6) is 0 Å². The molecule has 3 N–H and O–H groups in total. The summed E-state index contributed by atoms with van der Waals surface area (Å²) in [5.74, 6) is -0.414. The second-order valence-electron chi connectivity index (χ2n) is 6.85. The van der Waals surface area contributed by atoms with E-state index in [4.69, 9.17) is 12.2 Å². The summed E-state index contributed by atoms with van der Waals surface area (Å²) >= 11 is 5.37. The predicted octanol–water partition coefficient (Wildman–Crippen LogP) is 3.21. The molecule has 0 spiro atoms. The Kier molecular flexibility index (Phi) is 5.74. The Morgan fingerprint density at radius 3 is 2.34 bits per heavy atom. The number of aromatic amines is 1. The van der Waals surface area contributed by atoms with Crippen molar-refractivity contribution in [2.75, 3.05) is 12.4 Å². The quantitative estimate of drug-likeness (QED) is 0.391. The lowest BCUT2D eigenvalue weighted by Crippen LogP contribution is -2.21. The molecule has 0 aliphatic heterocycles. The van der Waals surface area contributed by atoms with Gasteiger partial charge in [0, 0.05) is 11.3 Å². The molecule has 0 saturated carbocycles. The molecular weight excluding hydrogens is 448 g/mol. The van der Waals surface area contributed by atoms with Crippen molar-refractivity contribution in [1.29, 1.82) is 0 Å². The maximum absolute atomic E-state index is 13.0. The zero-order valence-corrected chi connectivity index (χ0v) is 18.5. The number of carbonyl (C=O) groups is 1. The van der Waals surface area contributed by atoms with E-state index in [0.29, 0.717) is 27.8 Å². The van der Waals surface area contributed by atoms with E-state index in [1.807, 2.05) is 18.2 Å². The number of fused-ring (bicyclic) bond motifs is 1. The number of amides is 1. The van der Waals surface area contributed by atoms with Gasteiger partial charge in [-0.3, -0.25) is 14.2 Å². The van der Waals surface area contributed by atoms with Crippen molar-refractivity contribution in [2.45, 2.75) is 4.90 Å². The van der Waals surface area contributed by atoms with Crippen LogP contribution in [0, 0.1) is 4.77 Å². The topological polar surface area (TPSA) is 113 Å². The van der Waals surface area contributed by atoms with E-state index in [1.165, 1.54) is 35.9 Å². The first-order chi connectivity index (χ1) is 15.3. The number of nitrogens with one attached hydrogen (secondary N) is 3. The highest BCUT2D eigenvalue weighted by molar-refractivity contribution is 7.89. The molecule has 1 aromatic heterocycles. The van der Waals surface area contributed by atoms with Gasteiger partial charge in [0.15, 0.2) is 4.77 Å². The van der Waals surface area contributed by atoms with Crippen LogP contribution in [0.3, 0.4) is 0 Å². The third-order valence-electron chi connectivity index (χ3n) is 4.87. The minimum absolute atomic E-state index is 0.0889. The molecule has 0 unspecified atom stereocenters. The van der Waals surface area contributed by atoms with Gasteiger partial charge in [0.2, 0.25) is 10.0 Å². The largest absolute Gasteiger partial charge is 0.331 e. The van der Waals surface area contributed by atoms with Crippen molar-refractivity contribution in [3.63, 3.8) is 0 Å². The number of H-pyrrole nitrogens is 1. The summed E-state index contributed by atoms with van der Waals surface area (Å²) in [6, 6.07) is 19.5. The van der Waals surface area contributed by atoms with Crippen molar-refractivity contribution in [2.24, 2.45) is 0 Å². The average Bonchev–Trinajstić information content (AvgIpc) is 2.79. The minimum atomic E-state index is -3.56. The van der Waals surface area contributed by atoms with Gasteiger partial charge < -0.3 is 10.3 Å². The first kappa shape index (κ1) is 21.6. The van der Waals surface area contributed by atoms with Crippen LogP contribution in [0.2, 0.25) is 0 Å². The number of carbonyl (C=O) groups excluding carboxylic acids is 1. The Morgan fingerprint density at radius 2 is 1.69 bits per heavy atom. The van der Waals surface area contributed by atoms with E-state index in [-0.39, 0.29) is 15.2 Å². The third-order valence-corrected chi connectivity index (χ3v) is 6.58. The van der Waals surface area contributed by atoms with E-state index in [1.54, 1.807) is 30.3 Å². The second-order valence-corrected chi connectivity index (χ2v) is 9.13. The Bertz CT molecular complexity index is 1540. The summed E-state index contributed by atoms with van der Waals surface area (Å²) in [7, 11) is -2.24. The number of sulfonamides is 1. The van der Waals surface area contributed by atoms with Crippen LogP contribution < -0.4 is 15.6 Å². The zero-order valence-electron chi connectivity index (χ0n) is 16.8. The van der Waals surface area contributed by atoms with E-state index in [2.05, 4.69) is 15.0 Å². The Morgan fingerprint density at radius 1 is 1.00 bits per heavy atom. The summed E-state index contributed by atoms with van der Waals surface area (Å²) in [6.45, 7) is 0. The molecule has 0 bridgehead atoms. The molecule has 32 heavy (non-hydrogen) atoms. The summed E-state index contributed by atoms with van der Waals surface area (Å²) in [5.41, 5.74) is 1.54. The van der Waals surface area contributed by atoms with Crippen LogP contribution in [0.4, 0.5) is 5.69 Å². The predicted molar refractivity (Wildman–Crippen MR) is 125 cm³/mol. The summed E-state index contributed by atoms with van der Waals surface area (Å²) in [5, 5.41) is 3.10. The molecule has 4 rings (SSSR count). The summed E-state index contributed by atoms with van der Waals surface area (Å²) < 4.78 is 27.5. The van der Waals surface area contributed by atoms with Crippen LogP contribution >= 0.6 is 12.2 Å². The summed E-state index contributed by atoms with van der Waals surface area (Å²) in [6.07, 6.45) is 0. The SMILES string of the molecule is CNS(=O)(=O)c1ccc(NC(=O)c2ccc3c(=O)n(-c4ccccc4)c(=S)[nH]c3c2)cc1. The lowest BCUT2D eigenvalue weighted by molar-refractivity contribution is 0.102. The number of hydrogen-bond donors (Lipinski definition) is 3. The Labute approximate surface area is 188 Å². The van der Waals surface area contributed by atoms with Crippen LogP contribution in [0.25, 0.3) is 16.6 Å². The second kappa shape index (κ2) is 8.50. The molecule has 1 heterocycles. The van der Waals surface area contributed by atoms with E-state index >= 15 is 0 Å². The van der Waals surface area contributed by atoms with Crippen molar-refractivity contribution in [1.82, 2.24) is 14.3 Å². The van der Waals surface area contributed by atoms with Gasteiger partial charge in [-0.25, -0.2) is 13.1 Å². The molecule has 0 fully saturated rings. The summed E-state index contributed by atoms with van der Waals surface area (Å²) in [4.78, 5) is 28.8. The van der Waals surface area contributed by atoms with Gasteiger partial charge in [0.05, 0.1) is 21.5 Å². The van der Waals surface area contributed by atoms with E-state index in [9.17, 15) is 18.0 Å². The highest BCUT2D eigenvalue weighted by Gasteiger charge is 2.13. The van der Waals surface area contributed by atoms with Gasteiger partial charge in [-0.1, -0.05) is 18.2 Å². The van der Waals surface area contributed by atoms with Gasteiger partial charge in [-0.15, -0.1) is 0 Å². The Hall–Kier alpha value is -3.60. The normalized spacial score (nSPS) is 11.4. The van der Waals surface area contributed by atoms with Crippen LogP contribution in [-0.2, 0) is 10.0 Å². The van der Waals surface area contributed by atoms with Gasteiger partial charge >= 0.3 is 0 Å². The lowest BCUT2D eigenvalue weighted by atomic mass is 10.1. The maximum atomic E-state index is 13.0. The Balaban J connectivity index is 1.65. The molecule has 0 radical (unpaired) electrons. The minimum Gasteiger partial charge on any atom is -0.331 e. The molecule has 1 amide bonds. The standard InChI is InChI=1S/C22H18N4O4S2/c1-23-32(29,30)17-10-8-15(9-11-17)24-20(27)14-7-12-18-19(13-14)25-22(31)26(21(18)28)16-5-3-2-4-6-16/h2-13,23H,1H3,(H,24,27)(H,25,31). The molecule has 0 aliphatic carbocycles. The molecule has 0 saturated heterocycles. The third kappa shape index (κ3) is 4.11. The fraction of sp³-hybridized carbons (Fsp3) is 0.0455. The zero-order chi connectivity index (χ0) is 22.9. The molecular formula is C22H18N4O4S2. The van der Waals surface area contributed by atoms with Crippen LogP contribution in [0.15, 0.2) is 82.5 Å². The van der Waals surface area contributed by atoms with Gasteiger partial charge in [0.25, 0.3) is 11.5 Å². The highest BCUT2D eigenvalue weighted by Crippen LogP contribution is 2.17. The van der Waals surface area contributed by atoms with Crippen molar-refractivity contribution in [3.8, 4) is 5.69 Å². The molecule has 4 aromatic rings. The fourth-order valence-electron chi connectivity index (χ4n) is 3.21. The van der Waals surface area contributed by atoms with Gasteiger partial charge in [0.1, 0.15) is 0 Å². The molecule has 10 heteroatoms. The molecule has 0 atom stereocenters. The molecule has 3 aromatic carbocycles. The number of benzene rings is 3. The first-order valence-corrected chi connectivity index (χ1v) is 11.4. The van der Waals surface area contributed by atoms with Crippen LogP contribution in [-0.4, -0.2) is 30.9 Å². The van der Waals surface area contributed by atoms with Gasteiger partial charge in [-0.2, -0.15) is 0 Å². The van der Waals surface area contributed by atoms with Crippen LogP contribution in [0.1, 0.15) is 10.4 Å². The number of hydrogen-bond acceptors (Lipinski definition) is 5. The van der Waals surface area contributed by atoms with Gasteiger partial charge in [-0.05, 0) is 73.9 Å². The number of anilines is 1. The average molecular weight is 467 g/mol. The number of para-hydroxylation sites is 1. The van der Waals surface area contributed by atoms with E-state index in [0.717, 1.165) is 0 Å². The molecule has 0 aliphatic rings.